The van der Waals surface area contributed by atoms with E-state index in [1.807, 2.05) is 0 Å². The molecule has 5 atom stereocenters. The minimum Gasteiger partial charge on any atom is -0.462 e. The van der Waals surface area contributed by atoms with E-state index in [4.69, 9.17) is 37.0 Å². The first-order valence-electron chi connectivity index (χ1n) is 39.8. The van der Waals surface area contributed by atoms with Crippen molar-refractivity contribution in [3.63, 3.8) is 0 Å². The minimum absolute atomic E-state index is 0.105. The highest BCUT2D eigenvalue weighted by Crippen LogP contribution is 2.45. The van der Waals surface area contributed by atoms with Crippen LogP contribution in [0.15, 0.2) is 0 Å². The van der Waals surface area contributed by atoms with Gasteiger partial charge in [-0.2, -0.15) is 0 Å². The maximum absolute atomic E-state index is 13.1. The quantitative estimate of drug-likeness (QED) is 0.0222. The first-order chi connectivity index (χ1) is 46.2. The largest absolute Gasteiger partial charge is 0.472 e. The molecular formula is C77H150O17P2. The van der Waals surface area contributed by atoms with Crippen LogP contribution in [0.3, 0.4) is 0 Å². The summed E-state index contributed by atoms with van der Waals surface area (Å²) in [6.45, 7) is 11.9. The molecule has 0 fully saturated rings. The lowest BCUT2D eigenvalue weighted by molar-refractivity contribution is -0.161. The van der Waals surface area contributed by atoms with E-state index in [0.29, 0.717) is 31.6 Å². The molecule has 0 saturated heterocycles. The van der Waals surface area contributed by atoms with Crippen LogP contribution in [0.1, 0.15) is 395 Å². The van der Waals surface area contributed by atoms with Gasteiger partial charge in [-0.1, -0.05) is 344 Å². The van der Waals surface area contributed by atoms with E-state index in [1.165, 1.54) is 199 Å². The lowest BCUT2D eigenvalue weighted by Crippen LogP contribution is -2.30. The topological polar surface area (TPSA) is 237 Å². The van der Waals surface area contributed by atoms with E-state index in [0.717, 1.165) is 108 Å². The average Bonchev–Trinajstić information content (AvgIpc) is 2.15. The molecule has 0 spiro atoms. The van der Waals surface area contributed by atoms with Gasteiger partial charge >= 0.3 is 39.5 Å². The third kappa shape index (κ3) is 70.5. The van der Waals surface area contributed by atoms with Gasteiger partial charge in [0.05, 0.1) is 26.4 Å². The van der Waals surface area contributed by atoms with Gasteiger partial charge in [0.2, 0.25) is 0 Å². The number of ether oxygens (including phenoxy) is 4. The molecule has 0 radical (unpaired) electrons. The van der Waals surface area contributed by atoms with E-state index in [9.17, 15) is 43.2 Å². The van der Waals surface area contributed by atoms with Crippen molar-refractivity contribution in [3.8, 4) is 0 Å². The van der Waals surface area contributed by atoms with Gasteiger partial charge in [-0.15, -0.1) is 0 Å². The monoisotopic (exact) mass is 1410 g/mol. The lowest BCUT2D eigenvalue weighted by atomic mass is 10.0. The molecule has 0 aliphatic heterocycles. The van der Waals surface area contributed by atoms with Crippen LogP contribution >= 0.6 is 15.6 Å². The third-order valence-corrected chi connectivity index (χ3v) is 19.8. The number of hydrogen-bond acceptors (Lipinski definition) is 15. The van der Waals surface area contributed by atoms with Gasteiger partial charge in [0, 0.05) is 25.7 Å². The molecule has 19 heteroatoms. The minimum atomic E-state index is -4.96. The molecule has 0 aromatic heterocycles. The van der Waals surface area contributed by atoms with Crippen molar-refractivity contribution in [2.45, 2.75) is 414 Å². The summed E-state index contributed by atoms with van der Waals surface area (Å²) in [6.07, 6.45) is 54.2. The molecule has 17 nitrogen and oxygen atoms in total. The van der Waals surface area contributed by atoms with Crippen molar-refractivity contribution in [2.75, 3.05) is 39.6 Å². The van der Waals surface area contributed by atoms with Crippen LogP contribution in [0, 0.1) is 17.8 Å². The van der Waals surface area contributed by atoms with Gasteiger partial charge in [-0.25, -0.2) is 9.13 Å². The van der Waals surface area contributed by atoms with E-state index in [1.54, 1.807) is 0 Å². The summed E-state index contributed by atoms with van der Waals surface area (Å²) in [5.41, 5.74) is 0. The molecule has 0 saturated carbocycles. The maximum atomic E-state index is 13.1. The molecule has 0 aliphatic carbocycles. The third-order valence-electron chi connectivity index (χ3n) is 17.9. The van der Waals surface area contributed by atoms with E-state index >= 15 is 0 Å². The standard InChI is InChI=1S/C77H150O17P2/c1-8-9-10-11-12-13-14-15-16-17-18-21-25-31-38-46-53-60-76(81)93-72(64-87-74(79)58-51-44-37-30-24-22-19-20-23-28-34-41-48-55-68(2)3)66-91-95(83,84)89-62-71(78)63-90-96(85,86)92-67-73(65-88-75(80)59-52-45-40-33-36-43-50-57-70(6)7)94-77(82)61-54-47-39-32-27-26-29-35-42-49-56-69(4)5/h68-73,78H,8-67H2,1-7H3,(H,83,84)(H,85,86)/t71-,72-,73-/m1/s1. The van der Waals surface area contributed by atoms with Crippen LogP contribution in [0.5, 0.6) is 0 Å². The van der Waals surface area contributed by atoms with Crippen LogP contribution in [0.25, 0.3) is 0 Å². The molecule has 0 bridgehead atoms. The molecule has 0 aromatic carbocycles. The molecular weight excluding hydrogens is 1260 g/mol. The molecule has 96 heavy (non-hydrogen) atoms. The van der Waals surface area contributed by atoms with Gasteiger partial charge in [0.15, 0.2) is 12.2 Å². The average molecular weight is 1410 g/mol. The van der Waals surface area contributed by atoms with Gasteiger partial charge in [-0.3, -0.25) is 37.3 Å². The van der Waals surface area contributed by atoms with Crippen LogP contribution in [0.4, 0.5) is 0 Å². The predicted molar refractivity (Wildman–Crippen MR) is 391 cm³/mol. The van der Waals surface area contributed by atoms with Crippen LogP contribution in [-0.4, -0.2) is 96.7 Å². The summed E-state index contributed by atoms with van der Waals surface area (Å²) in [4.78, 5) is 72.9. The summed E-state index contributed by atoms with van der Waals surface area (Å²) in [5, 5.41) is 10.6. The summed E-state index contributed by atoms with van der Waals surface area (Å²) in [7, 11) is -9.91. The zero-order valence-electron chi connectivity index (χ0n) is 62.8. The van der Waals surface area contributed by atoms with E-state index in [2.05, 4.69) is 48.5 Å². The van der Waals surface area contributed by atoms with E-state index < -0.39 is 97.5 Å². The summed E-state index contributed by atoms with van der Waals surface area (Å²) in [6, 6.07) is 0. The van der Waals surface area contributed by atoms with Crippen molar-refractivity contribution in [1.82, 2.24) is 0 Å². The Balaban J connectivity index is 5.25. The van der Waals surface area contributed by atoms with Gasteiger partial charge < -0.3 is 33.8 Å². The second kappa shape index (κ2) is 67.5. The predicted octanol–water partition coefficient (Wildman–Crippen LogP) is 22.6. The molecule has 0 amide bonds. The number of carbonyl (C=O) groups excluding carboxylic acids is 4. The fourth-order valence-corrected chi connectivity index (χ4v) is 13.4. The smallest absolute Gasteiger partial charge is 0.462 e. The normalized spacial score (nSPS) is 14.1. The fourth-order valence-electron chi connectivity index (χ4n) is 11.8. The van der Waals surface area contributed by atoms with Crippen LogP contribution in [-0.2, 0) is 65.4 Å². The van der Waals surface area contributed by atoms with Crippen molar-refractivity contribution >= 4 is 39.5 Å². The molecule has 0 aliphatic rings. The Labute approximate surface area is 588 Å². The molecule has 570 valence electrons. The first-order valence-corrected chi connectivity index (χ1v) is 42.8. The maximum Gasteiger partial charge on any atom is 0.472 e. The van der Waals surface area contributed by atoms with Crippen molar-refractivity contribution in [3.05, 3.63) is 0 Å². The second-order valence-corrected chi connectivity index (χ2v) is 32.1. The number of phosphoric acid groups is 2. The van der Waals surface area contributed by atoms with Crippen molar-refractivity contribution in [1.29, 1.82) is 0 Å². The molecule has 0 aromatic rings. The highest BCUT2D eigenvalue weighted by molar-refractivity contribution is 7.47. The molecule has 3 N–H and O–H groups in total. The van der Waals surface area contributed by atoms with Gasteiger partial charge in [0.25, 0.3) is 0 Å². The highest BCUT2D eigenvalue weighted by atomic mass is 31.2. The Morgan fingerprint density at radius 2 is 0.479 bits per heavy atom. The number of aliphatic hydroxyl groups excluding tert-OH is 1. The highest BCUT2D eigenvalue weighted by Gasteiger charge is 2.30. The Hall–Kier alpha value is -1.94. The zero-order valence-corrected chi connectivity index (χ0v) is 64.6. The molecule has 0 heterocycles. The summed E-state index contributed by atoms with van der Waals surface area (Å²) in [5.74, 6) is 0.131. The number of rotatable bonds is 75. The Morgan fingerprint density at radius 1 is 0.281 bits per heavy atom. The van der Waals surface area contributed by atoms with Gasteiger partial charge in [-0.05, 0) is 43.4 Å². The lowest BCUT2D eigenvalue weighted by Gasteiger charge is -2.21. The Morgan fingerprint density at radius 3 is 0.708 bits per heavy atom. The summed E-state index contributed by atoms with van der Waals surface area (Å²) < 4.78 is 68.6. The Kier molecular flexibility index (Phi) is 66.2. The van der Waals surface area contributed by atoms with Crippen molar-refractivity contribution < 1.29 is 80.2 Å². The number of phosphoric ester groups is 2. The molecule has 0 rings (SSSR count). The van der Waals surface area contributed by atoms with Crippen LogP contribution in [0.2, 0.25) is 0 Å². The fraction of sp³-hybridized carbons (Fsp3) is 0.948. The van der Waals surface area contributed by atoms with E-state index in [-0.39, 0.29) is 25.7 Å². The van der Waals surface area contributed by atoms with Gasteiger partial charge in [0.1, 0.15) is 19.3 Å². The summed E-state index contributed by atoms with van der Waals surface area (Å²) >= 11 is 0. The SMILES string of the molecule is CCCCCCCCCCCCCCCCCCCC(=O)O[C@H](COC(=O)CCCCCCCCCCCCCCCC(C)C)COP(=O)(O)OC[C@@H](O)COP(=O)(O)OC[C@@H](COC(=O)CCCCCCCCCC(C)C)OC(=O)CCCCCCCCCCCCC(C)C. The Bertz CT molecular complexity index is 1870. The number of esters is 4. The number of hydrogen-bond donors (Lipinski definition) is 3. The first kappa shape index (κ1) is 94.1. The number of aliphatic hydroxyl groups is 1. The molecule has 2 unspecified atom stereocenters. The second-order valence-electron chi connectivity index (χ2n) is 29.2. The zero-order chi connectivity index (χ0) is 70.9. The van der Waals surface area contributed by atoms with Crippen molar-refractivity contribution in [2.24, 2.45) is 17.8 Å². The van der Waals surface area contributed by atoms with Crippen LogP contribution < -0.4 is 0 Å². The number of unbranched alkanes of at least 4 members (excludes halogenated alkanes) is 43. The number of carbonyl (C=O) groups is 4.